The summed E-state index contributed by atoms with van der Waals surface area (Å²) >= 11 is 0. The van der Waals surface area contributed by atoms with Crippen LogP contribution < -0.4 is 11.5 Å². The lowest BCUT2D eigenvalue weighted by atomic mass is 9.90. The lowest BCUT2D eigenvalue weighted by Crippen LogP contribution is -2.39. The quantitative estimate of drug-likeness (QED) is 0.820. The zero-order chi connectivity index (χ0) is 12.4. The van der Waals surface area contributed by atoms with Gasteiger partial charge in [-0.1, -0.05) is 13.8 Å². The van der Waals surface area contributed by atoms with Crippen molar-refractivity contribution in [3.05, 3.63) is 24.0 Å². The number of nitrogen functional groups attached to an aromatic ring is 1. The number of hydrogen-bond acceptors (Lipinski definition) is 4. The molecule has 1 aliphatic heterocycles. The fraction of sp³-hybridized carbons (Fsp3) is 0.615. The summed E-state index contributed by atoms with van der Waals surface area (Å²) in [6, 6.07) is 2.11. The molecule has 0 bridgehead atoms. The molecule has 0 saturated carbocycles. The molecule has 1 aliphatic rings. The number of pyridine rings is 1. The first-order valence-electron chi connectivity index (χ1n) is 6.18. The van der Waals surface area contributed by atoms with E-state index in [0.29, 0.717) is 11.6 Å². The van der Waals surface area contributed by atoms with Crippen LogP contribution in [0.2, 0.25) is 0 Å². The van der Waals surface area contributed by atoms with Gasteiger partial charge in [0, 0.05) is 17.8 Å². The van der Waals surface area contributed by atoms with Crippen molar-refractivity contribution < 1.29 is 4.74 Å². The molecule has 1 saturated heterocycles. The Kier molecular flexibility index (Phi) is 3.64. The van der Waals surface area contributed by atoms with Gasteiger partial charge in [0.15, 0.2) is 0 Å². The average Bonchev–Trinajstić information content (AvgIpc) is 2.28. The average molecular weight is 235 g/mol. The first-order valence-corrected chi connectivity index (χ1v) is 6.18. The zero-order valence-corrected chi connectivity index (χ0v) is 10.5. The van der Waals surface area contributed by atoms with Crippen LogP contribution in [0, 0.1) is 5.92 Å². The van der Waals surface area contributed by atoms with E-state index in [1.807, 2.05) is 6.07 Å². The van der Waals surface area contributed by atoms with Crippen LogP contribution in [0.4, 0.5) is 5.69 Å². The molecule has 2 heterocycles. The Morgan fingerprint density at radius 2 is 2.18 bits per heavy atom. The van der Waals surface area contributed by atoms with Crippen molar-refractivity contribution in [2.75, 3.05) is 5.73 Å². The molecular weight excluding hydrogens is 214 g/mol. The number of aromatic nitrogens is 1. The van der Waals surface area contributed by atoms with Gasteiger partial charge in [-0.15, -0.1) is 0 Å². The van der Waals surface area contributed by atoms with Gasteiger partial charge in [0.25, 0.3) is 0 Å². The highest BCUT2D eigenvalue weighted by Crippen LogP contribution is 2.35. The molecule has 1 aromatic rings. The highest BCUT2D eigenvalue weighted by molar-refractivity contribution is 5.45. The molecule has 0 unspecified atom stereocenters. The van der Waals surface area contributed by atoms with Crippen LogP contribution in [0.15, 0.2) is 18.5 Å². The minimum absolute atomic E-state index is 0.00847. The van der Waals surface area contributed by atoms with Crippen molar-refractivity contribution in [1.82, 2.24) is 4.98 Å². The first-order chi connectivity index (χ1) is 8.08. The second-order valence-electron chi connectivity index (χ2n) is 5.14. The fourth-order valence-electron chi connectivity index (χ4n) is 2.33. The lowest BCUT2D eigenvalue weighted by Gasteiger charge is -2.36. The van der Waals surface area contributed by atoms with E-state index in [1.54, 1.807) is 12.4 Å². The van der Waals surface area contributed by atoms with Gasteiger partial charge in [0.1, 0.15) is 0 Å². The van der Waals surface area contributed by atoms with Gasteiger partial charge in [-0.05, 0) is 24.8 Å². The van der Waals surface area contributed by atoms with Crippen molar-refractivity contribution in [3.63, 3.8) is 0 Å². The molecule has 0 spiro atoms. The van der Waals surface area contributed by atoms with E-state index < -0.39 is 0 Å². The predicted molar refractivity (Wildman–Crippen MR) is 68.3 cm³/mol. The number of rotatable bonds is 2. The van der Waals surface area contributed by atoms with E-state index in [9.17, 15) is 0 Å². The van der Waals surface area contributed by atoms with E-state index in [1.165, 1.54) is 0 Å². The van der Waals surface area contributed by atoms with Crippen LogP contribution in [0.3, 0.4) is 0 Å². The summed E-state index contributed by atoms with van der Waals surface area (Å²) in [7, 11) is 0. The normalized spacial score (nSPS) is 29.5. The van der Waals surface area contributed by atoms with Gasteiger partial charge in [-0.2, -0.15) is 0 Å². The van der Waals surface area contributed by atoms with E-state index in [2.05, 4.69) is 18.8 Å². The maximum Gasteiger partial charge on any atom is 0.0864 e. The third-order valence-electron chi connectivity index (χ3n) is 3.37. The van der Waals surface area contributed by atoms with Crippen molar-refractivity contribution >= 4 is 5.69 Å². The first kappa shape index (κ1) is 12.3. The second-order valence-corrected chi connectivity index (χ2v) is 5.14. The molecule has 4 nitrogen and oxygen atoms in total. The highest BCUT2D eigenvalue weighted by Gasteiger charge is 2.30. The molecule has 1 aromatic heterocycles. The summed E-state index contributed by atoms with van der Waals surface area (Å²) in [6.45, 7) is 4.32. The topological polar surface area (TPSA) is 74.2 Å². The molecular formula is C13H21N3O. The molecule has 94 valence electrons. The maximum absolute atomic E-state index is 6.10. The zero-order valence-electron chi connectivity index (χ0n) is 10.5. The summed E-state index contributed by atoms with van der Waals surface area (Å²) in [4.78, 5) is 4.00. The minimum atomic E-state index is 0.00847. The Hall–Kier alpha value is -1.13. The Bertz CT molecular complexity index is 381. The molecule has 4 N–H and O–H groups in total. The largest absolute Gasteiger partial charge is 0.397 e. The summed E-state index contributed by atoms with van der Waals surface area (Å²) < 4.78 is 6.10. The molecule has 0 radical (unpaired) electrons. The van der Waals surface area contributed by atoms with Gasteiger partial charge in [-0.25, -0.2) is 0 Å². The number of ether oxygens (including phenoxy) is 1. The minimum Gasteiger partial charge on any atom is -0.397 e. The molecule has 17 heavy (non-hydrogen) atoms. The Labute approximate surface area is 102 Å². The van der Waals surface area contributed by atoms with Crippen LogP contribution in [0.1, 0.15) is 38.4 Å². The molecule has 3 atom stereocenters. The molecule has 1 fully saturated rings. The van der Waals surface area contributed by atoms with E-state index >= 15 is 0 Å². The summed E-state index contributed by atoms with van der Waals surface area (Å²) in [5, 5.41) is 0. The highest BCUT2D eigenvalue weighted by atomic mass is 16.5. The molecule has 0 aliphatic carbocycles. The van der Waals surface area contributed by atoms with Crippen molar-refractivity contribution in [1.29, 1.82) is 0 Å². The Balaban J connectivity index is 2.18. The van der Waals surface area contributed by atoms with Crippen LogP contribution in [-0.4, -0.2) is 17.1 Å². The molecule has 0 aromatic carbocycles. The van der Waals surface area contributed by atoms with E-state index in [4.69, 9.17) is 16.2 Å². The lowest BCUT2D eigenvalue weighted by molar-refractivity contribution is -0.0787. The summed E-state index contributed by atoms with van der Waals surface area (Å²) in [6.07, 6.45) is 5.41. The second kappa shape index (κ2) is 5.02. The van der Waals surface area contributed by atoms with Gasteiger partial charge < -0.3 is 16.2 Å². The standard InChI is InChI=1S/C13H21N3O/c1-8(2)12-5-9(14)6-13(17-12)10-3-4-16-7-11(10)15/h3-4,7-9,12-13H,5-6,14-15H2,1-2H3/t9-,12-,13+/m0/s1. The Morgan fingerprint density at radius 3 is 2.82 bits per heavy atom. The van der Waals surface area contributed by atoms with Gasteiger partial charge >= 0.3 is 0 Å². The predicted octanol–water partition coefficient (Wildman–Crippen LogP) is 1.87. The maximum atomic E-state index is 6.10. The van der Waals surface area contributed by atoms with Gasteiger partial charge in [0.05, 0.1) is 24.1 Å². The molecule has 2 rings (SSSR count). The Morgan fingerprint density at radius 1 is 1.41 bits per heavy atom. The smallest absolute Gasteiger partial charge is 0.0864 e. The van der Waals surface area contributed by atoms with E-state index in [0.717, 1.165) is 18.4 Å². The monoisotopic (exact) mass is 235 g/mol. The fourth-order valence-corrected chi connectivity index (χ4v) is 2.33. The SMILES string of the molecule is CC(C)[C@@H]1C[C@H](N)C[C@H](c2ccncc2N)O1. The van der Waals surface area contributed by atoms with Crippen LogP contribution in [0.5, 0.6) is 0 Å². The van der Waals surface area contributed by atoms with Gasteiger partial charge in [-0.3, -0.25) is 4.98 Å². The van der Waals surface area contributed by atoms with Gasteiger partial charge in [0.2, 0.25) is 0 Å². The molecule has 0 amide bonds. The summed E-state index contributed by atoms with van der Waals surface area (Å²) in [5.41, 5.74) is 13.7. The van der Waals surface area contributed by atoms with Crippen molar-refractivity contribution in [3.8, 4) is 0 Å². The van der Waals surface area contributed by atoms with Crippen molar-refractivity contribution in [2.45, 2.75) is 44.9 Å². The number of hydrogen-bond donors (Lipinski definition) is 2. The third-order valence-corrected chi connectivity index (χ3v) is 3.37. The van der Waals surface area contributed by atoms with Crippen LogP contribution in [0.25, 0.3) is 0 Å². The number of nitrogens with zero attached hydrogens (tertiary/aromatic N) is 1. The van der Waals surface area contributed by atoms with Crippen molar-refractivity contribution in [2.24, 2.45) is 11.7 Å². The number of nitrogens with two attached hydrogens (primary N) is 2. The molecule has 4 heteroatoms. The third kappa shape index (κ3) is 2.76. The summed E-state index contributed by atoms with van der Waals surface area (Å²) in [5.74, 6) is 0.479. The van der Waals surface area contributed by atoms with Crippen LogP contribution in [-0.2, 0) is 4.74 Å². The van der Waals surface area contributed by atoms with Crippen LogP contribution >= 0.6 is 0 Å². The number of anilines is 1. The van der Waals surface area contributed by atoms with E-state index in [-0.39, 0.29) is 18.2 Å².